The van der Waals surface area contributed by atoms with Crippen molar-refractivity contribution in [3.05, 3.63) is 42.1 Å². The maximum atomic E-state index is 12.8. The number of amides is 1. The summed E-state index contributed by atoms with van der Waals surface area (Å²) < 4.78 is 45.8. The van der Waals surface area contributed by atoms with Gasteiger partial charge in [0.25, 0.3) is 5.91 Å². The molecule has 31 heavy (non-hydrogen) atoms. The summed E-state index contributed by atoms with van der Waals surface area (Å²) in [5.74, 6) is -1.08. The minimum Gasteiger partial charge on any atom is -0.494 e. The van der Waals surface area contributed by atoms with E-state index in [9.17, 15) is 18.0 Å². The van der Waals surface area contributed by atoms with Crippen LogP contribution in [0.1, 0.15) is 55.0 Å². The summed E-state index contributed by atoms with van der Waals surface area (Å²) in [4.78, 5) is 19.0. The molecule has 1 amide bonds. The lowest BCUT2D eigenvalue weighted by molar-refractivity contribution is -0.145. The normalized spacial score (nSPS) is 19.4. The van der Waals surface area contributed by atoms with Crippen LogP contribution in [0.3, 0.4) is 0 Å². The predicted octanol–water partition coefficient (Wildman–Crippen LogP) is 4.86. The third-order valence-electron chi connectivity index (χ3n) is 5.59. The average molecular weight is 433 g/mol. The number of halogens is 3. The first-order valence-corrected chi connectivity index (χ1v) is 10.0. The highest BCUT2D eigenvalue weighted by molar-refractivity contribution is 6.05. The summed E-state index contributed by atoms with van der Waals surface area (Å²) in [6.07, 6.45) is 2.53. The van der Waals surface area contributed by atoms with Gasteiger partial charge < -0.3 is 10.1 Å². The Kier molecular flexibility index (Phi) is 5.55. The van der Waals surface area contributed by atoms with Crippen LogP contribution in [0.4, 0.5) is 18.9 Å². The first-order chi connectivity index (χ1) is 14.7. The maximum absolute atomic E-state index is 12.8. The Morgan fingerprint density at radius 3 is 2.65 bits per heavy atom. The molecule has 0 bridgehead atoms. The number of anilines is 1. The molecule has 0 saturated heterocycles. The monoisotopic (exact) mass is 433 g/mol. The standard InChI is InChI=1S/C21H22F3N5O2/c1-12-3-5-14(6-4-12)29-11-13-9-17(18(31-2)10-16(13)28-29)26-19(30)15-7-8-25-20(27-15)21(22,23)24/h7-12,14H,3-6H2,1-2H3,(H,26,30)/t12-,14-. The van der Waals surface area contributed by atoms with E-state index < -0.39 is 23.6 Å². The molecule has 7 nitrogen and oxygen atoms in total. The zero-order valence-corrected chi connectivity index (χ0v) is 17.1. The molecule has 164 valence electrons. The second kappa shape index (κ2) is 8.16. The van der Waals surface area contributed by atoms with E-state index in [2.05, 4.69) is 27.3 Å². The third-order valence-corrected chi connectivity index (χ3v) is 5.59. The molecular formula is C21H22F3N5O2. The van der Waals surface area contributed by atoms with E-state index in [0.717, 1.165) is 54.8 Å². The molecule has 10 heteroatoms. The molecule has 3 aromatic rings. The maximum Gasteiger partial charge on any atom is 0.451 e. The highest BCUT2D eigenvalue weighted by Gasteiger charge is 2.35. The van der Waals surface area contributed by atoms with Gasteiger partial charge in [-0.1, -0.05) is 6.92 Å². The lowest BCUT2D eigenvalue weighted by Gasteiger charge is -2.26. The van der Waals surface area contributed by atoms with Crippen LogP contribution in [0.25, 0.3) is 10.9 Å². The Morgan fingerprint density at radius 1 is 1.23 bits per heavy atom. The molecule has 2 heterocycles. The lowest BCUT2D eigenvalue weighted by Crippen LogP contribution is -2.18. The largest absolute Gasteiger partial charge is 0.494 e. The number of methoxy groups -OCH3 is 1. The second-order valence-corrected chi connectivity index (χ2v) is 7.85. The van der Waals surface area contributed by atoms with E-state index in [1.54, 1.807) is 12.1 Å². The summed E-state index contributed by atoms with van der Waals surface area (Å²) in [6.45, 7) is 2.25. The molecule has 1 aliphatic rings. The number of rotatable bonds is 4. The van der Waals surface area contributed by atoms with E-state index in [-0.39, 0.29) is 0 Å². The van der Waals surface area contributed by atoms with Crippen LogP contribution in [0.5, 0.6) is 5.75 Å². The van der Waals surface area contributed by atoms with Gasteiger partial charge in [-0.15, -0.1) is 0 Å². The highest BCUT2D eigenvalue weighted by atomic mass is 19.4. The van der Waals surface area contributed by atoms with Gasteiger partial charge >= 0.3 is 6.18 Å². The van der Waals surface area contributed by atoms with Gasteiger partial charge in [0.05, 0.1) is 24.4 Å². The third kappa shape index (κ3) is 4.47. The van der Waals surface area contributed by atoms with Crippen LogP contribution in [0.15, 0.2) is 30.6 Å². The first-order valence-electron chi connectivity index (χ1n) is 10.0. The predicted molar refractivity (Wildman–Crippen MR) is 108 cm³/mol. The topological polar surface area (TPSA) is 81.9 Å². The highest BCUT2D eigenvalue weighted by Crippen LogP contribution is 2.35. The van der Waals surface area contributed by atoms with Crippen LogP contribution in [0.2, 0.25) is 0 Å². The molecule has 0 unspecified atom stereocenters. The van der Waals surface area contributed by atoms with Gasteiger partial charge in [0.15, 0.2) is 0 Å². The smallest absolute Gasteiger partial charge is 0.451 e. The number of hydrogen-bond donors (Lipinski definition) is 1. The van der Waals surface area contributed by atoms with Crippen molar-refractivity contribution >= 4 is 22.5 Å². The molecule has 2 aromatic heterocycles. The van der Waals surface area contributed by atoms with Gasteiger partial charge in [0.2, 0.25) is 5.82 Å². The number of ether oxygens (including phenoxy) is 1. The van der Waals surface area contributed by atoms with Crippen molar-refractivity contribution in [3.63, 3.8) is 0 Å². The van der Waals surface area contributed by atoms with Gasteiger partial charge in [0.1, 0.15) is 11.4 Å². The summed E-state index contributed by atoms with van der Waals surface area (Å²) in [7, 11) is 1.45. The molecule has 1 aliphatic carbocycles. The molecule has 1 fully saturated rings. The zero-order valence-electron chi connectivity index (χ0n) is 17.1. The Bertz CT molecular complexity index is 1100. The molecule has 1 N–H and O–H groups in total. The first kappa shape index (κ1) is 21.1. The molecule has 0 aliphatic heterocycles. The number of benzene rings is 1. The van der Waals surface area contributed by atoms with Crippen molar-refractivity contribution in [2.45, 2.75) is 44.8 Å². The zero-order chi connectivity index (χ0) is 22.2. The van der Waals surface area contributed by atoms with Gasteiger partial charge in [-0.2, -0.15) is 18.3 Å². The van der Waals surface area contributed by atoms with Crippen LogP contribution in [-0.4, -0.2) is 32.8 Å². The Morgan fingerprint density at radius 2 is 1.97 bits per heavy atom. The fourth-order valence-corrected chi connectivity index (χ4v) is 3.84. The van der Waals surface area contributed by atoms with Crippen molar-refractivity contribution in [1.29, 1.82) is 0 Å². The number of nitrogens with one attached hydrogen (secondary N) is 1. The average Bonchev–Trinajstić information content (AvgIpc) is 3.16. The number of carbonyl (C=O) groups excluding carboxylic acids is 1. The van der Waals surface area contributed by atoms with Crippen molar-refractivity contribution in [2.75, 3.05) is 12.4 Å². The summed E-state index contributed by atoms with van der Waals surface area (Å²) in [5.41, 5.74) is 0.648. The fraction of sp³-hybridized carbons (Fsp3) is 0.429. The molecule has 0 spiro atoms. The SMILES string of the molecule is COc1cc2nn([C@H]3CC[C@H](C)CC3)cc2cc1NC(=O)c1ccnc(C(F)(F)F)n1. The van der Waals surface area contributed by atoms with E-state index in [1.165, 1.54) is 7.11 Å². The molecule has 4 rings (SSSR count). The fourth-order valence-electron chi connectivity index (χ4n) is 3.84. The molecule has 1 aromatic carbocycles. The van der Waals surface area contributed by atoms with Crippen LogP contribution in [0, 0.1) is 5.92 Å². The van der Waals surface area contributed by atoms with Gasteiger partial charge in [0, 0.05) is 23.8 Å². The van der Waals surface area contributed by atoms with E-state index in [0.29, 0.717) is 17.5 Å². The van der Waals surface area contributed by atoms with Crippen LogP contribution >= 0.6 is 0 Å². The van der Waals surface area contributed by atoms with Crippen molar-refractivity contribution in [3.8, 4) is 5.75 Å². The van der Waals surface area contributed by atoms with Crippen molar-refractivity contribution < 1.29 is 22.7 Å². The minimum atomic E-state index is -4.74. The number of aromatic nitrogens is 4. The number of fused-ring (bicyclic) bond motifs is 1. The van der Waals surface area contributed by atoms with E-state index in [4.69, 9.17) is 4.74 Å². The minimum absolute atomic E-state index is 0.323. The van der Waals surface area contributed by atoms with Gasteiger partial charge in [-0.25, -0.2) is 9.97 Å². The molecular weight excluding hydrogens is 411 g/mol. The number of carbonyl (C=O) groups is 1. The molecule has 1 saturated carbocycles. The summed E-state index contributed by atoms with van der Waals surface area (Å²) >= 11 is 0. The van der Waals surface area contributed by atoms with Crippen molar-refractivity contribution in [2.24, 2.45) is 5.92 Å². The van der Waals surface area contributed by atoms with Crippen LogP contribution < -0.4 is 10.1 Å². The number of hydrogen-bond acceptors (Lipinski definition) is 5. The lowest BCUT2D eigenvalue weighted by atomic mass is 9.87. The Labute approximate surface area is 176 Å². The van der Waals surface area contributed by atoms with E-state index >= 15 is 0 Å². The second-order valence-electron chi connectivity index (χ2n) is 7.85. The number of alkyl halides is 3. The number of nitrogens with zero attached hydrogens (tertiary/aromatic N) is 4. The summed E-state index contributed by atoms with van der Waals surface area (Å²) in [6, 6.07) is 4.85. The Balaban J connectivity index is 1.60. The molecule has 0 atom stereocenters. The van der Waals surface area contributed by atoms with Crippen molar-refractivity contribution in [1.82, 2.24) is 19.7 Å². The van der Waals surface area contributed by atoms with Crippen LogP contribution in [-0.2, 0) is 6.18 Å². The van der Waals surface area contributed by atoms with E-state index in [1.807, 2.05) is 10.9 Å². The molecule has 0 radical (unpaired) electrons. The van der Waals surface area contributed by atoms with Gasteiger partial charge in [-0.3, -0.25) is 9.48 Å². The quantitative estimate of drug-likeness (QED) is 0.636. The van der Waals surface area contributed by atoms with Gasteiger partial charge in [-0.05, 0) is 43.7 Å². The summed E-state index contributed by atoms with van der Waals surface area (Å²) in [5, 5.41) is 8.05. The Hall–Kier alpha value is -3.17.